The van der Waals surface area contributed by atoms with E-state index in [9.17, 15) is 18.7 Å². The number of rotatable bonds is 5. The lowest BCUT2D eigenvalue weighted by atomic mass is 9.97. The Morgan fingerprint density at radius 1 is 1.03 bits per heavy atom. The Hall–Kier alpha value is -4.67. The first-order valence-electron chi connectivity index (χ1n) is 10.1. The van der Waals surface area contributed by atoms with Crippen LogP contribution in [0.4, 0.5) is 8.78 Å². The summed E-state index contributed by atoms with van der Waals surface area (Å²) in [6, 6.07) is 9.04. The Morgan fingerprint density at radius 3 is 2.56 bits per heavy atom. The zero-order valence-corrected chi connectivity index (χ0v) is 17.6. The highest BCUT2D eigenvalue weighted by Crippen LogP contribution is 2.30. The molecule has 0 bridgehead atoms. The summed E-state index contributed by atoms with van der Waals surface area (Å²) < 4.78 is 31.6. The van der Waals surface area contributed by atoms with Gasteiger partial charge in [0.25, 0.3) is 5.95 Å². The number of fused-ring (bicyclic) bond motifs is 1. The van der Waals surface area contributed by atoms with Gasteiger partial charge < -0.3 is 10.2 Å². The summed E-state index contributed by atoms with van der Waals surface area (Å²) in [5.74, 6) is -2.63. The number of aromatic nitrogens is 6. The van der Waals surface area contributed by atoms with Gasteiger partial charge in [0.05, 0.1) is 24.5 Å². The van der Waals surface area contributed by atoms with Gasteiger partial charge in [0.1, 0.15) is 22.7 Å². The molecule has 0 spiro atoms. The minimum atomic E-state index is -1.16. The minimum absolute atomic E-state index is 0.0328. The molecule has 2 N–H and O–H groups in total. The molecule has 0 aliphatic heterocycles. The third-order valence-electron chi connectivity index (χ3n) is 5.37. The number of aromatic hydroxyl groups is 1. The van der Waals surface area contributed by atoms with Gasteiger partial charge in [-0.25, -0.2) is 23.2 Å². The lowest BCUT2D eigenvalue weighted by Crippen LogP contribution is -2.07. The average molecular weight is 462 g/mol. The van der Waals surface area contributed by atoms with Gasteiger partial charge >= 0.3 is 5.97 Å². The van der Waals surface area contributed by atoms with Crippen LogP contribution < -0.4 is 0 Å². The maximum Gasteiger partial charge on any atom is 0.338 e. The minimum Gasteiger partial charge on any atom is -0.492 e. The van der Waals surface area contributed by atoms with Gasteiger partial charge in [-0.3, -0.25) is 4.68 Å². The van der Waals surface area contributed by atoms with E-state index in [-0.39, 0.29) is 34.7 Å². The largest absolute Gasteiger partial charge is 0.492 e. The van der Waals surface area contributed by atoms with Crippen molar-refractivity contribution in [1.82, 2.24) is 29.5 Å². The van der Waals surface area contributed by atoms with E-state index in [2.05, 4.69) is 20.2 Å². The van der Waals surface area contributed by atoms with Crippen LogP contribution in [-0.4, -0.2) is 45.7 Å². The summed E-state index contributed by atoms with van der Waals surface area (Å²) in [6.45, 7) is 1.73. The lowest BCUT2D eigenvalue weighted by Gasteiger charge is -2.12. The molecular weight excluding hydrogens is 446 g/mol. The first-order valence-corrected chi connectivity index (χ1v) is 10.1. The quantitative estimate of drug-likeness (QED) is 0.409. The monoisotopic (exact) mass is 462 g/mol. The predicted octanol–water partition coefficient (Wildman–Crippen LogP) is 3.72. The van der Waals surface area contributed by atoms with E-state index in [0.29, 0.717) is 16.7 Å². The van der Waals surface area contributed by atoms with Crippen LogP contribution in [0.3, 0.4) is 0 Å². The van der Waals surface area contributed by atoms with E-state index in [1.165, 1.54) is 29.2 Å². The molecule has 9 nitrogen and oxygen atoms in total. The molecule has 0 unspecified atom stereocenters. The van der Waals surface area contributed by atoms with Gasteiger partial charge in [0.15, 0.2) is 0 Å². The summed E-state index contributed by atoms with van der Waals surface area (Å²) in [7, 11) is 0. The zero-order valence-electron chi connectivity index (χ0n) is 17.6. The molecule has 0 fully saturated rings. The van der Waals surface area contributed by atoms with Crippen LogP contribution in [0, 0.1) is 18.6 Å². The van der Waals surface area contributed by atoms with Gasteiger partial charge in [-0.05, 0) is 30.2 Å². The number of halogens is 2. The number of carboxylic acids is 1. The fourth-order valence-corrected chi connectivity index (χ4v) is 3.73. The van der Waals surface area contributed by atoms with Crippen molar-refractivity contribution in [1.29, 1.82) is 0 Å². The Bertz CT molecular complexity index is 1580. The first kappa shape index (κ1) is 21.2. The number of hydrogen-bond acceptors (Lipinski definition) is 6. The number of hydrogen-bond donors (Lipinski definition) is 2. The van der Waals surface area contributed by atoms with Crippen molar-refractivity contribution in [3.63, 3.8) is 0 Å². The summed E-state index contributed by atoms with van der Waals surface area (Å²) in [4.78, 5) is 19.3. The highest BCUT2D eigenvalue weighted by Gasteiger charge is 2.18. The molecule has 3 aromatic heterocycles. The van der Waals surface area contributed by atoms with Crippen LogP contribution in [0.1, 0.15) is 21.5 Å². The number of aromatic carboxylic acids is 1. The Kier molecular flexibility index (Phi) is 5.01. The molecule has 3 heterocycles. The number of carbonyl (C=O) groups is 1. The van der Waals surface area contributed by atoms with Crippen molar-refractivity contribution < 1.29 is 23.8 Å². The van der Waals surface area contributed by atoms with Crippen LogP contribution >= 0.6 is 0 Å². The van der Waals surface area contributed by atoms with E-state index in [0.717, 1.165) is 10.9 Å². The smallest absolute Gasteiger partial charge is 0.338 e. The summed E-state index contributed by atoms with van der Waals surface area (Å²) in [5, 5.41) is 27.6. The second-order valence-electron chi connectivity index (χ2n) is 7.60. The van der Waals surface area contributed by atoms with Crippen molar-refractivity contribution in [2.45, 2.75) is 13.5 Å². The van der Waals surface area contributed by atoms with Crippen LogP contribution in [0.15, 0.2) is 55.0 Å². The molecule has 0 saturated heterocycles. The Labute approximate surface area is 190 Å². The van der Waals surface area contributed by atoms with Gasteiger partial charge in [0.2, 0.25) is 5.88 Å². The number of nitrogens with zero attached hydrogens (tertiary/aromatic N) is 6. The van der Waals surface area contributed by atoms with Crippen molar-refractivity contribution in [3.8, 4) is 23.0 Å². The van der Waals surface area contributed by atoms with E-state index in [1.54, 1.807) is 31.2 Å². The first-order chi connectivity index (χ1) is 16.3. The van der Waals surface area contributed by atoms with Crippen LogP contribution in [0.5, 0.6) is 5.88 Å². The molecule has 5 aromatic rings. The van der Waals surface area contributed by atoms with Gasteiger partial charge in [-0.2, -0.15) is 15.2 Å². The van der Waals surface area contributed by atoms with E-state index >= 15 is 0 Å². The molecule has 170 valence electrons. The Morgan fingerprint density at radius 2 is 1.82 bits per heavy atom. The van der Waals surface area contributed by atoms with Gasteiger partial charge in [-0.1, -0.05) is 24.3 Å². The van der Waals surface area contributed by atoms with E-state index < -0.39 is 23.5 Å². The molecule has 0 aliphatic carbocycles. The summed E-state index contributed by atoms with van der Waals surface area (Å²) in [6.07, 6.45) is 3.72. The topological polar surface area (TPSA) is 119 Å². The molecule has 0 atom stereocenters. The zero-order chi connectivity index (χ0) is 24.0. The third kappa shape index (κ3) is 3.62. The van der Waals surface area contributed by atoms with Crippen molar-refractivity contribution in [3.05, 3.63) is 83.3 Å². The molecule has 0 radical (unpaired) electrons. The molecule has 0 saturated carbocycles. The van der Waals surface area contributed by atoms with E-state index in [1.807, 2.05) is 0 Å². The molecule has 0 amide bonds. The maximum absolute atomic E-state index is 15.0. The van der Waals surface area contributed by atoms with E-state index in [4.69, 9.17) is 5.11 Å². The Balaban J connectivity index is 1.50. The molecular formula is C23H16F2N6O3. The number of benzene rings is 2. The van der Waals surface area contributed by atoms with Gasteiger partial charge in [0, 0.05) is 17.3 Å². The predicted molar refractivity (Wildman–Crippen MR) is 117 cm³/mol. The lowest BCUT2D eigenvalue weighted by molar-refractivity contribution is 0.0697. The molecule has 11 heteroatoms. The second-order valence-corrected chi connectivity index (χ2v) is 7.60. The number of carboxylic acid groups (broad SMARTS) is 1. The van der Waals surface area contributed by atoms with Crippen molar-refractivity contribution in [2.24, 2.45) is 0 Å². The van der Waals surface area contributed by atoms with Crippen LogP contribution in [0.2, 0.25) is 0 Å². The standard InChI is InChI=1S/C23H16F2N6O3/c1-12-6-13(18(25)7-16(12)15-4-2-3-5-17(15)24)10-30-20-19(9-27-30)28-23(29-21(20)32)31-11-14(8-26-31)22(33)34/h2-9,11H,10H2,1H3,(H,33,34)(H,28,29,32). The fourth-order valence-electron chi connectivity index (χ4n) is 3.73. The molecule has 5 rings (SSSR count). The SMILES string of the molecule is Cc1cc(Cn2ncc3nc(-n4cc(C(=O)O)cn4)nc(O)c32)c(F)cc1-c1ccccc1F. The fraction of sp³-hybridized carbons (Fsp3) is 0.0870. The number of aryl methyl sites for hydroxylation is 1. The molecule has 34 heavy (non-hydrogen) atoms. The second kappa shape index (κ2) is 8.03. The normalized spacial score (nSPS) is 11.3. The highest BCUT2D eigenvalue weighted by molar-refractivity contribution is 5.87. The van der Waals surface area contributed by atoms with Crippen LogP contribution in [0.25, 0.3) is 28.1 Å². The summed E-state index contributed by atoms with van der Waals surface area (Å²) >= 11 is 0. The highest BCUT2D eigenvalue weighted by atomic mass is 19.1. The van der Waals surface area contributed by atoms with Crippen LogP contribution in [-0.2, 0) is 6.54 Å². The third-order valence-corrected chi connectivity index (χ3v) is 5.37. The molecule has 2 aromatic carbocycles. The molecule has 0 aliphatic rings. The van der Waals surface area contributed by atoms with Crippen molar-refractivity contribution >= 4 is 17.0 Å². The average Bonchev–Trinajstić information content (AvgIpc) is 3.45. The van der Waals surface area contributed by atoms with Gasteiger partial charge in [-0.15, -0.1) is 0 Å². The maximum atomic E-state index is 15.0. The summed E-state index contributed by atoms with van der Waals surface area (Å²) in [5.41, 5.74) is 2.07. The van der Waals surface area contributed by atoms with Crippen molar-refractivity contribution in [2.75, 3.05) is 0 Å².